The number of carbonyl (C=O) groups excluding carboxylic acids is 2. The van der Waals surface area contributed by atoms with Crippen LogP contribution in [0.3, 0.4) is 0 Å². The standard InChI is InChI=1S/C18H19N3O4/c1-3-11(2)20-17(22)12-6-7-19-14(8-12)18(23)21-13-4-5-15-16(9-13)25-10-24-15/h4-9,11H,3,10H2,1-2H3,(H,20,22)(H,21,23). The van der Waals surface area contributed by atoms with Crippen LogP contribution in [0.15, 0.2) is 36.5 Å². The smallest absolute Gasteiger partial charge is 0.274 e. The molecular formula is C18H19N3O4. The Morgan fingerprint density at radius 3 is 2.76 bits per heavy atom. The van der Waals surface area contributed by atoms with Gasteiger partial charge in [0.15, 0.2) is 11.5 Å². The van der Waals surface area contributed by atoms with E-state index in [-0.39, 0.29) is 24.4 Å². The maximum atomic E-state index is 12.4. The van der Waals surface area contributed by atoms with Crippen molar-refractivity contribution in [3.05, 3.63) is 47.8 Å². The molecule has 1 aromatic carbocycles. The summed E-state index contributed by atoms with van der Waals surface area (Å²) < 4.78 is 10.5. The number of hydrogen-bond donors (Lipinski definition) is 2. The summed E-state index contributed by atoms with van der Waals surface area (Å²) in [5.41, 5.74) is 1.12. The molecule has 25 heavy (non-hydrogen) atoms. The third-order valence-electron chi connectivity index (χ3n) is 3.88. The number of aromatic nitrogens is 1. The fraction of sp³-hybridized carbons (Fsp3) is 0.278. The second-order valence-corrected chi connectivity index (χ2v) is 5.73. The van der Waals surface area contributed by atoms with Gasteiger partial charge in [0.2, 0.25) is 6.79 Å². The minimum atomic E-state index is -0.406. The molecule has 1 aliphatic heterocycles. The Hall–Kier alpha value is -3.09. The Morgan fingerprint density at radius 1 is 1.16 bits per heavy atom. The maximum Gasteiger partial charge on any atom is 0.274 e. The van der Waals surface area contributed by atoms with Crippen LogP contribution in [0.4, 0.5) is 5.69 Å². The van der Waals surface area contributed by atoms with Gasteiger partial charge in [0.05, 0.1) is 0 Å². The molecule has 2 N–H and O–H groups in total. The third kappa shape index (κ3) is 3.88. The summed E-state index contributed by atoms with van der Waals surface area (Å²) >= 11 is 0. The van der Waals surface area contributed by atoms with Crippen LogP contribution < -0.4 is 20.1 Å². The van der Waals surface area contributed by atoms with Gasteiger partial charge in [0.1, 0.15) is 5.69 Å². The van der Waals surface area contributed by atoms with E-state index >= 15 is 0 Å². The Labute approximate surface area is 145 Å². The number of nitrogens with zero attached hydrogens (tertiary/aromatic N) is 1. The van der Waals surface area contributed by atoms with Crippen LogP contribution in [0.25, 0.3) is 0 Å². The molecule has 0 saturated carbocycles. The van der Waals surface area contributed by atoms with E-state index in [0.29, 0.717) is 22.7 Å². The molecule has 2 aromatic rings. The van der Waals surface area contributed by atoms with Gasteiger partial charge in [-0.2, -0.15) is 0 Å². The van der Waals surface area contributed by atoms with Crippen molar-refractivity contribution in [2.75, 3.05) is 12.1 Å². The fourth-order valence-corrected chi connectivity index (χ4v) is 2.27. The average molecular weight is 341 g/mol. The van der Waals surface area contributed by atoms with Gasteiger partial charge < -0.3 is 20.1 Å². The maximum absolute atomic E-state index is 12.4. The van der Waals surface area contributed by atoms with E-state index in [1.54, 1.807) is 24.3 Å². The Kier molecular flexibility index (Phi) is 4.83. The number of benzene rings is 1. The van der Waals surface area contributed by atoms with Crippen molar-refractivity contribution >= 4 is 17.5 Å². The zero-order valence-corrected chi connectivity index (χ0v) is 14.0. The van der Waals surface area contributed by atoms with Crippen LogP contribution in [-0.2, 0) is 0 Å². The van der Waals surface area contributed by atoms with Gasteiger partial charge in [-0.3, -0.25) is 14.6 Å². The molecule has 2 heterocycles. The molecule has 7 nitrogen and oxygen atoms in total. The molecule has 2 amide bonds. The first-order valence-corrected chi connectivity index (χ1v) is 8.04. The zero-order valence-electron chi connectivity index (χ0n) is 14.0. The molecule has 0 fully saturated rings. The van der Waals surface area contributed by atoms with Crippen LogP contribution in [0.1, 0.15) is 41.1 Å². The van der Waals surface area contributed by atoms with E-state index in [9.17, 15) is 9.59 Å². The first kappa shape index (κ1) is 16.8. The van der Waals surface area contributed by atoms with E-state index in [2.05, 4.69) is 15.6 Å². The summed E-state index contributed by atoms with van der Waals surface area (Å²) in [4.78, 5) is 28.6. The number of carbonyl (C=O) groups is 2. The molecule has 1 unspecified atom stereocenters. The van der Waals surface area contributed by atoms with Gasteiger partial charge in [-0.25, -0.2) is 0 Å². The highest BCUT2D eigenvalue weighted by Crippen LogP contribution is 2.34. The highest BCUT2D eigenvalue weighted by atomic mass is 16.7. The lowest BCUT2D eigenvalue weighted by molar-refractivity contribution is 0.0939. The van der Waals surface area contributed by atoms with Gasteiger partial charge in [-0.1, -0.05) is 6.92 Å². The van der Waals surface area contributed by atoms with Crippen molar-refractivity contribution in [3.63, 3.8) is 0 Å². The number of nitrogens with one attached hydrogen (secondary N) is 2. The third-order valence-corrected chi connectivity index (χ3v) is 3.88. The molecule has 130 valence electrons. The van der Waals surface area contributed by atoms with Crippen molar-refractivity contribution in [2.24, 2.45) is 0 Å². The molecule has 3 rings (SSSR count). The first-order chi connectivity index (χ1) is 12.1. The Bertz CT molecular complexity index is 807. The van der Waals surface area contributed by atoms with E-state index in [0.717, 1.165) is 6.42 Å². The molecule has 7 heteroatoms. The van der Waals surface area contributed by atoms with Crippen molar-refractivity contribution in [3.8, 4) is 11.5 Å². The number of ether oxygens (including phenoxy) is 2. The lowest BCUT2D eigenvalue weighted by Crippen LogP contribution is -2.32. The number of hydrogen-bond acceptors (Lipinski definition) is 5. The Morgan fingerprint density at radius 2 is 1.96 bits per heavy atom. The minimum absolute atomic E-state index is 0.0616. The largest absolute Gasteiger partial charge is 0.454 e. The number of amides is 2. The lowest BCUT2D eigenvalue weighted by Gasteiger charge is -2.11. The molecule has 1 atom stereocenters. The summed E-state index contributed by atoms with van der Waals surface area (Å²) in [5.74, 6) is 0.582. The molecule has 0 saturated heterocycles. The van der Waals surface area contributed by atoms with Crippen molar-refractivity contribution in [2.45, 2.75) is 26.3 Å². The van der Waals surface area contributed by atoms with Gasteiger partial charge >= 0.3 is 0 Å². The lowest BCUT2D eigenvalue weighted by atomic mass is 10.2. The number of fused-ring (bicyclic) bond motifs is 1. The van der Waals surface area contributed by atoms with Crippen molar-refractivity contribution in [1.82, 2.24) is 10.3 Å². The summed E-state index contributed by atoms with van der Waals surface area (Å²) in [6.45, 7) is 4.08. The normalized spacial score (nSPS) is 13.2. The average Bonchev–Trinajstić information content (AvgIpc) is 3.09. The SMILES string of the molecule is CCC(C)NC(=O)c1ccnc(C(=O)Nc2ccc3c(c2)OCO3)c1. The van der Waals surface area contributed by atoms with Crippen LogP contribution in [0.2, 0.25) is 0 Å². The molecule has 0 aliphatic carbocycles. The molecule has 1 aliphatic rings. The zero-order chi connectivity index (χ0) is 17.8. The highest BCUT2D eigenvalue weighted by Gasteiger charge is 2.16. The van der Waals surface area contributed by atoms with Crippen LogP contribution in [0, 0.1) is 0 Å². The monoisotopic (exact) mass is 341 g/mol. The van der Waals surface area contributed by atoms with Crippen molar-refractivity contribution < 1.29 is 19.1 Å². The van der Waals surface area contributed by atoms with E-state index in [4.69, 9.17) is 9.47 Å². The summed E-state index contributed by atoms with van der Waals surface area (Å²) in [7, 11) is 0. The molecule has 0 radical (unpaired) electrons. The molecule has 0 spiro atoms. The quantitative estimate of drug-likeness (QED) is 0.872. The van der Waals surface area contributed by atoms with Gasteiger partial charge in [-0.15, -0.1) is 0 Å². The van der Waals surface area contributed by atoms with E-state index < -0.39 is 5.91 Å². The Balaban J connectivity index is 1.72. The number of pyridine rings is 1. The van der Waals surface area contributed by atoms with Gasteiger partial charge in [-0.05, 0) is 37.6 Å². The van der Waals surface area contributed by atoms with Crippen LogP contribution in [-0.4, -0.2) is 29.6 Å². The number of rotatable bonds is 5. The summed E-state index contributed by atoms with van der Waals surface area (Å²) in [5, 5.41) is 5.60. The van der Waals surface area contributed by atoms with E-state index in [1.807, 2.05) is 13.8 Å². The molecule has 1 aromatic heterocycles. The van der Waals surface area contributed by atoms with Crippen molar-refractivity contribution in [1.29, 1.82) is 0 Å². The summed E-state index contributed by atoms with van der Waals surface area (Å²) in [6, 6.07) is 8.23. The highest BCUT2D eigenvalue weighted by molar-refractivity contribution is 6.04. The number of anilines is 1. The van der Waals surface area contributed by atoms with Gasteiger partial charge in [0.25, 0.3) is 11.8 Å². The van der Waals surface area contributed by atoms with Gasteiger partial charge in [0, 0.05) is 29.6 Å². The second-order valence-electron chi connectivity index (χ2n) is 5.73. The molecular weight excluding hydrogens is 322 g/mol. The van der Waals surface area contributed by atoms with E-state index in [1.165, 1.54) is 12.3 Å². The van der Waals surface area contributed by atoms with Crippen LogP contribution >= 0.6 is 0 Å². The first-order valence-electron chi connectivity index (χ1n) is 8.04. The summed E-state index contributed by atoms with van der Waals surface area (Å²) in [6.07, 6.45) is 2.27. The topological polar surface area (TPSA) is 89.6 Å². The molecule has 0 bridgehead atoms. The second kappa shape index (κ2) is 7.21. The van der Waals surface area contributed by atoms with Crippen LogP contribution in [0.5, 0.6) is 11.5 Å². The minimum Gasteiger partial charge on any atom is -0.454 e. The fourth-order valence-electron chi connectivity index (χ4n) is 2.27. The predicted molar refractivity (Wildman–Crippen MR) is 92.0 cm³/mol. The predicted octanol–water partition coefficient (Wildman–Crippen LogP) is 2.59.